The molecule has 1 N–H and O–H groups in total. The minimum atomic E-state index is -0.688. The molecule has 0 unspecified atom stereocenters. The molecule has 0 aliphatic carbocycles. The number of likely N-dealkylation sites (N-methyl/N-ethyl adjacent to an activating group) is 1. The monoisotopic (exact) mass is 466 g/mol. The van der Waals surface area contributed by atoms with Crippen LogP contribution in [-0.4, -0.2) is 67.0 Å². The van der Waals surface area contributed by atoms with Crippen molar-refractivity contribution in [2.75, 3.05) is 40.4 Å². The topological polar surface area (TPSA) is 79.3 Å². The Hall–Kier alpha value is -3.32. The Bertz CT molecular complexity index is 1030. The first-order valence-corrected chi connectivity index (χ1v) is 11.6. The number of ether oxygens (including phenoxy) is 2. The molecule has 1 heterocycles. The van der Waals surface area contributed by atoms with Gasteiger partial charge in [0.25, 0.3) is 11.7 Å². The molecule has 182 valence electrons. The van der Waals surface area contributed by atoms with Gasteiger partial charge in [0.2, 0.25) is 0 Å². The van der Waals surface area contributed by atoms with Crippen LogP contribution in [0.15, 0.2) is 54.1 Å². The number of ketones is 1. The summed E-state index contributed by atoms with van der Waals surface area (Å²) in [6.45, 7) is 8.10. The summed E-state index contributed by atoms with van der Waals surface area (Å²) >= 11 is 0. The fourth-order valence-corrected chi connectivity index (χ4v) is 3.81. The molecule has 2 aromatic rings. The lowest BCUT2D eigenvalue weighted by Gasteiger charge is -2.26. The van der Waals surface area contributed by atoms with Crippen LogP contribution in [0.4, 0.5) is 0 Å². The molecule has 7 nitrogen and oxygen atoms in total. The summed E-state index contributed by atoms with van der Waals surface area (Å²) in [4.78, 5) is 29.6. The smallest absolute Gasteiger partial charge is 0.295 e. The van der Waals surface area contributed by atoms with Crippen molar-refractivity contribution < 1.29 is 24.2 Å². The van der Waals surface area contributed by atoms with E-state index in [1.54, 1.807) is 24.3 Å². The summed E-state index contributed by atoms with van der Waals surface area (Å²) in [6.07, 6.45) is 0. The van der Waals surface area contributed by atoms with Gasteiger partial charge in [-0.3, -0.25) is 9.59 Å². The van der Waals surface area contributed by atoms with Crippen molar-refractivity contribution >= 4 is 17.4 Å². The van der Waals surface area contributed by atoms with Crippen LogP contribution in [0.3, 0.4) is 0 Å². The van der Waals surface area contributed by atoms with E-state index in [0.29, 0.717) is 49.3 Å². The second kappa shape index (κ2) is 11.2. The zero-order valence-electron chi connectivity index (χ0n) is 20.6. The lowest BCUT2D eigenvalue weighted by Crippen LogP contribution is -2.35. The first-order chi connectivity index (χ1) is 16.2. The highest BCUT2D eigenvalue weighted by molar-refractivity contribution is 6.46. The van der Waals surface area contributed by atoms with E-state index in [1.165, 1.54) is 4.90 Å². The predicted molar refractivity (Wildman–Crippen MR) is 132 cm³/mol. The lowest BCUT2D eigenvalue weighted by molar-refractivity contribution is -0.140. The Balaban J connectivity index is 2.01. The standard InChI is InChI=1S/C27H34N2O5/c1-6-33-21-11-7-19(8-12-21)24-23(26(31)27(32)29(24)16-15-28(4)5)25(30)20-9-13-22(14-10-20)34-17-18(2)3/h7-14,18,24,30H,6,15-17H2,1-5H3/b25-23+/t24-/m0/s1. The van der Waals surface area contributed by atoms with Crippen molar-refractivity contribution in [1.82, 2.24) is 9.80 Å². The van der Waals surface area contributed by atoms with Crippen molar-refractivity contribution in [3.8, 4) is 11.5 Å². The Kier molecular flexibility index (Phi) is 8.34. The molecule has 0 bridgehead atoms. The molecular weight excluding hydrogens is 432 g/mol. The SMILES string of the molecule is CCOc1ccc([C@H]2/C(=C(\O)c3ccc(OCC(C)C)cc3)C(=O)C(=O)N2CCN(C)C)cc1. The van der Waals surface area contributed by atoms with Crippen LogP contribution in [-0.2, 0) is 9.59 Å². The van der Waals surface area contributed by atoms with Crippen LogP contribution in [0.5, 0.6) is 11.5 Å². The molecule has 1 aliphatic rings. The van der Waals surface area contributed by atoms with Gasteiger partial charge in [-0.15, -0.1) is 0 Å². The number of aliphatic hydroxyl groups excluding tert-OH is 1. The van der Waals surface area contributed by atoms with Crippen molar-refractivity contribution in [1.29, 1.82) is 0 Å². The maximum atomic E-state index is 13.1. The van der Waals surface area contributed by atoms with E-state index in [9.17, 15) is 14.7 Å². The van der Waals surface area contributed by atoms with Gasteiger partial charge in [-0.1, -0.05) is 26.0 Å². The molecule has 34 heavy (non-hydrogen) atoms. The van der Waals surface area contributed by atoms with Gasteiger partial charge in [0.05, 0.1) is 24.8 Å². The average molecular weight is 467 g/mol. The summed E-state index contributed by atoms with van der Waals surface area (Å²) in [5.41, 5.74) is 1.28. The number of hydrogen-bond acceptors (Lipinski definition) is 6. The second-order valence-electron chi connectivity index (χ2n) is 9.03. The summed E-state index contributed by atoms with van der Waals surface area (Å²) in [5, 5.41) is 11.2. The molecule has 1 fully saturated rings. The first kappa shape index (κ1) is 25.3. The zero-order chi connectivity index (χ0) is 24.8. The van der Waals surface area contributed by atoms with Gasteiger partial charge < -0.3 is 24.4 Å². The van der Waals surface area contributed by atoms with Gasteiger partial charge in [0.1, 0.15) is 17.3 Å². The number of aliphatic hydroxyl groups is 1. The van der Waals surface area contributed by atoms with Crippen LogP contribution >= 0.6 is 0 Å². The number of hydrogen-bond donors (Lipinski definition) is 1. The predicted octanol–water partition coefficient (Wildman–Crippen LogP) is 4.10. The number of carbonyl (C=O) groups excluding carboxylic acids is 2. The minimum Gasteiger partial charge on any atom is -0.507 e. The highest BCUT2D eigenvalue weighted by Gasteiger charge is 2.45. The molecule has 1 aliphatic heterocycles. The van der Waals surface area contributed by atoms with Gasteiger partial charge in [0, 0.05) is 18.7 Å². The molecule has 3 rings (SSSR count). The third-order valence-corrected chi connectivity index (χ3v) is 5.55. The van der Waals surface area contributed by atoms with E-state index in [0.717, 1.165) is 5.56 Å². The van der Waals surface area contributed by atoms with Crippen molar-refractivity contribution in [3.63, 3.8) is 0 Å². The molecule has 0 saturated carbocycles. The van der Waals surface area contributed by atoms with Gasteiger partial charge in [-0.05, 0) is 68.9 Å². The van der Waals surface area contributed by atoms with Crippen molar-refractivity contribution in [2.24, 2.45) is 5.92 Å². The second-order valence-corrected chi connectivity index (χ2v) is 9.03. The largest absolute Gasteiger partial charge is 0.507 e. The lowest BCUT2D eigenvalue weighted by atomic mass is 9.95. The Morgan fingerprint density at radius 2 is 1.59 bits per heavy atom. The fourth-order valence-electron chi connectivity index (χ4n) is 3.81. The van der Waals surface area contributed by atoms with Gasteiger partial charge in [-0.25, -0.2) is 0 Å². The highest BCUT2D eigenvalue weighted by atomic mass is 16.5. The van der Waals surface area contributed by atoms with Gasteiger partial charge >= 0.3 is 0 Å². The number of nitrogens with zero attached hydrogens (tertiary/aromatic N) is 2. The number of carbonyl (C=O) groups is 2. The summed E-state index contributed by atoms with van der Waals surface area (Å²) < 4.78 is 11.2. The van der Waals surface area contributed by atoms with E-state index in [1.807, 2.05) is 50.2 Å². The summed E-state index contributed by atoms with van der Waals surface area (Å²) in [7, 11) is 3.82. The van der Waals surface area contributed by atoms with Crippen LogP contribution in [0.1, 0.15) is 37.9 Å². The molecular formula is C27H34N2O5. The van der Waals surface area contributed by atoms with Crippen LogP contribution in [0.2, 0.25) is 0 Å². The maximum absolute atomic E-state index is 13.1. The number of rotatable bonds is 10. The number of likely N-dealkylation sites (tertiary alicyclic amines) is 1. The van der Waals surface area contributed by atoms with Crippen molar-refractivity contribution in [2.45, 2.75) is 26.8 Å². The van der Waals surface area contributed by atoms with E-state index in [2.05, 4.69) is 13.8 Å². The molecule has 1 amide bonds. The molecule has 7 heteroatoms. The zero-order valence-corrected chi connectivity index (χ0v) is 20.6. The van der Waals surface area contributed by atoms with E-state index in [4.69, 9.17) is 9.47 Å². The van der Waals surface area contributed by atoms with E-state index in [-0.39, 0.29) is 11.3 Å². The Morgan fingerprint density at radius 1 is 1.00 bits per heavy atom. The Morgan fingerprint density at radius 3 is 2.15 bits per heavy atom. The van der Waals surface area contributed by atoms with Gasteiger partial charge in [0.15, 0.2) is 0 Å². The third kappa shape index (κ3) is 5.78. The molecule has 0 aromatic heterocycles. The molecule has 0 spiro atoms. The van der Waals surface area contributed by atoms with Crippen LogP contribution in [0.25, 0.3) is 5.76 Å². The minimum absolute atomic E-state index is 0.0868. The number of Topliss-reactive ketones (excluding diaryl/α,β-unsaturated/α-hetero) is 1. The Labute approximate surface area is 201 Å². The quantitative estimate of drug-likeness (QED) is 0.323. The average Bonchev–Trinajstić information content (AvgIpc) is 3.06. The summed E-state index contributed by atoms with van der Waals surface area (Å²) in [5.74, 6) is 0.281. The van der Waals surface area contributed by atoms with Crippen LogP contribution < -0.4 is 9.47 Å². The van der Waals surface area contributed by atoms with Crippen LogP contribution in [0, 0.1) is 5.92 Å². The van der Waals surface area contributed by atoms with E-state index >= 15 is 0 Å². The van der Waals surface area contributed by atoms with Gasteiger partial charge in [-0.2, -0.15) is 0 Å². The molecule has 0 radical (unpaired) electrons. The number of benzene rings is 2. The third-order valence-electron chi connectivity index (χ3n) is 5.55. The number of amides is 1. The fraction of sp³-hybridized carbons (Fsp3) is 0.407. The molecule has 1 atom stereocenters. The molecule has 2 aromatic carbocycles. The summed E-state index contributed by atoms with van der Waals surface area (Å²) in [6, 6.07) is 13.5. The highest BCUT2D eigenvalue weighted by Crippen LogP contribution is 2.39. The van der Waals surface area contributed by atoms with Crippen molar-refractivity contribution in [3.05, 3.63) is 65.2 Å². The molecule has 1 saturated heterocycles. The normalized spacial score (nSPS) is 17.6. The van der Waals surface area contributed by atoms with E-state index < -0.39 is 17.7 Å². The first-order valence-electron chi connectivity index (χ1n) is 11.6. The maximum Gasteiger partial charge on any atom is 0.295 e.